The van der Waals surface area contributed by atoms with Crippen molar-refractivity contribution < 1.29 is 0 Å². The van der Waals surface area contributed by atoms with Gasteiger partial charge in [-0.25, -0.2) is 0 Å². The van der Waals surface area contributed by atoms with Gasteiger partial charge in [0.05, 0.1) is 6.04 Å². The minimum absolute atomic E-state index is 0.324. The third kappa shape index (κ3) is 5.87. The smallest absolute Gasteiger partial charge is 0.0601 e. The van der Waals surface area contributed by atoms with Gasteiger partial charge in [-0.05, 0) is 55.3 Å². The van der Waals surface area contributed by atoms with Crippen molar-refractivity contribution in [2.75, 3.05) is 38.1 Å². The first-order valence-electron chi connectivity index (χ1n) is 13.2. The van der Waals surface area contributed by atoms with Gasteiger partial charge in [-0.1, -0.05) is 97.1 Å². The van der Waals surface area contributed by atoms with Gasteiger partial charge in [0.25, 0.3) is 0 Å². The SMILES string of the molecule is CN(CCN(c1ccccc1)c1ccccc1)C1CCN(C(c2ccccc2)c2ccccc2)CC1. The molecule has 3 heteroatoms. The summed E-state index contributed by atoms with van der Waals surface area (Å²) in [6.07, 6.45) is 2.40. The highest BCUT2D eigenvalue weighted by molar-refractivity contribution is 5.62. The molecule has 4 aromatic rings. The van der Waals surface area contributed by atoms with Crippen LogP contribution in [0.5, 0.6) is 0 Å². The quantitative estimate of drug-likeness (QED) is 0.258. The molecule has 1 fully saturated rings. The summed E-state index contributed by atoms with van der Waals surface area (Å²) in [7, 11) is 2.31. The molecule has 0 aromatic heterocycles. The monoisotopic (exact) mass is 475 g/mol. The molecule has 0 bridgehead atoms. The Morgan fingerprint density at radius 3 is 1.47 bits per heavy atom. The van der Waals surface area contributed by atoms with E-state index in [0.717, 1.165) is 26.2 Å². The Hall–Kier alpha value is -3.40. The van der Waals surface area contributed by atoms with E-state index in [1.54, 1.807) is 0 Å². The number of likely N-dealkylation sites (N-methyl/N-ethyl adjacent to an activating group) is 1. The van der Waals surface area contributed by atoms with E-state index in [0.29, 0.717) is 12.1 Å². The zero-order valence-electron chi connectivity index (χ0n) is 21.3. The summed E-state index contributed by atoms with van der Waals surface area (Å²) >= 11 is 0. The molecule has 184 valence electrons. The number of hydrogen-bond donors (Lipinski definition) is 0. The molecule has 0 N–H and O–H groups in total. The number of para-hydroxylation sites is 2. The van der Waals surface area contributed by atoms with Crippen LogP contribution in [0.2, 0.25) is 0 Å². The van der Waals surface area contributed by atoms with Crippen LogP contribution in [0.25, 0.3) is 0 Å². The predicted molar refractivity (Wildman–Crippen MR) is 152 cm³/mol. The molecule has 1 saturated heterocycles. The van der Waals surface area contributed by atoms with Crippen molar-refractivity contribution in [3.8, 4) is 0 Å². The summed E-state index contributed by atoms with van der Waals surface area (Å²) in [4.78, 5) is 7.69. The molecule has 36 heavy (non-hydrogen) atoms. The van der Waals surface area contributed by atoms with Crippen LogP contribution < -0.4 is 4.90 Å². The number of nitrogens with zero attached hydrogens (tertiary/aromatic N) is 3. The Balaban J connectivity index is 1.23. The molecule has 0 amide bonds. The maximum atomic E-state index is 2.68. The summed E-state index contributed by atoms with van der Waals surface area (Å²) in [5, 5.41) is 0. The molecular formula is C33H37N3. The number of hydrogen-bond acceptors (Lipinski definition) is 3. The number of anilines is 2. The molecule has 1 aliphatic rings. The second kappa shape index (κ2) is 12.0. The first-order chi connectivity index (χ1) is 17.8. The molecule has 0 spiro atoms. The summed E-state index contributed by atoms with van der Waals surface area (Å²) in [6, 6.07) is 44.4. The third-order valence-corrected chi connectivity index (χ3v) is 7.53. The standard InChI is InChI=1S/C33H37N3/c1-34(26-27-36(31-18-10-4-11-19-31)32-20-12-5-13-21-32)30-22-24-35(25-23-30)33(28-14-6-2-7-15-28)29-16-8-3-9-17-29/h2-21,30,33H,22-27H2,1H3. The van der Waals surface area contributed by atoms with E-state index in [4.69, 9.17) is 0 Å². The lowest BCUT2D eigenvalue weighted by Crippen LogP contribution is -2.46. The van der Waals surface area contributed by atoms with Gasteiger partial charge < -0.3 is 9.80 Å². The van der Waals surface area contributed by atoms with Gasteiger partial charge in [0.1, 0.15) is 0 Å². The topological polar surface area (TPSA) is 9.72 Å². The minimum Gasteiger partial charge on any atom is -0.340 e. The lowest BCUT2D eigenvalue weighted by molar-refractivity contribution is 0.110. The van der Waals surface area contributed by atoms with Crippen LogP contribution in [0, 0.1) is 0 Å². The summed E-state index contributed by atoms with van der Waals surface area (Å²) in [5.74, 6) is 0. The number of piperidine rings is 1. The lowest BCUT2D eigenvalue weighted by Gasteiger charge is -2.41. The molecule has 0 unspecified atom stereocenters. The largest absolute Gasteiger partial charge is 0.340 e. The van der Waals surface area contributed by atoms with Crippen molar-refractivity contribution in [2.45, 2.75) is 24.9 Å². The molecule has 1 aliphatic heterocycles. The number of benzene rings is 4. The highest BCUT2D eigenvalue weighted by Crippen LogP contribution is 2.32. The van der Waals surface area contributed by atoms with Crippen LogP contribution in [0.4, 0.5) is 11.4 Å². The molecule has 3 nitrogen and oxygen atoms in total. The van der Waals surface area contributed by atoms with Crippen LogP contribution >= 0.6 is 0 Å². The van der Waals surface area contributed by atoms with E-state index in [1.807, 2.05) is 0 Å². The first-order valence-corrected chi connectivity index (χ1v) is 13.2. The zero-order valence-corrected chi connectivity index (χ0v) is 21.3. The van der Waals surface area contributed by atoms with E-state index in [1.165, 1.54) is 35.3 Å². The van der Waals surface area contributed by atoms with E-state index in [9.17, 15) is 0 Å². The van der Waals surface area contributed by atoms with E-state index >= 15 is 0 Å². The van der Waals surface area contributed by atoms with E-state index in [-0.39, 0.29) is 0 Å². The Morgan fingerprint density at radius 1 is 0.611 bits per heavy atom. The van der Waals surface area contributed by atoms with Crippen molar-refractivity contribution in [3.05, 3.63) is 132 Å². The van der Waals surface area contributed by atoms with Crippen molar-refractivity contribution in [1.29, 1.82) is 0 Å². The van der Waals surface area contributed by atoms with Crippen molar-refractivity contribution >= 4 is 11.4 Å². The molecule has 0 radical (unpaired) electrons. The predicted octanol–water partition coefficient (Wildman–Crippen LogP) is 7.01. The molecule has 0 atom stereocenters. The van der Waals surface area contributed by atoms with Gasteiger partial charge in [-0.15, -0.1) is 0 Å². The molecular weight excluding hydrogens is 438 g/mol. The average molecular weight is 476 g/mol. The minimum atomic E-state index is 0.324. The molecule has 4 aromatic carbocycles. The van der Waals surface area contributed by atoms with Crippen molar-refractivity contribution in [3.63, 3.8) is 0 Å². The summed E-state index contributed by atoms with van der Waals surface area (Å²) < 4.78 is 0. The molecule has 0 aliphatic carbocycles. The Morgan fingerprint density at radius 2 is 1.03 bits per heavy atom. The van der Waals surface area contributed by atoms with Gasteiger partial charge in [-0.2, -0.15) is 0 Å². The Bertz CT molecular complexity index is 1080. The third-order valence-electron chi connectivity index (χ3n) is 7.53. The van der Waals surface area contributed by atoms with Gasteiger partial charge in [0.2, 0.25) is 0 Å². The van der Waals surface area contributed by atoms with Crippen LogP contribution in [-0.4, -0.2) is 49.1 Å². The second-order valence-corrected chi connectivity index (χ2v) is 9.79. The van der Waals surface area contributed by atoms with E-state index < -0.39 is 0 Å². The van der Waals surface area contributed by atoms with Gasteiger partial charge in [0.15, 0.2) is 0 Å². The average Bonchev–Trinajstić information content (AvgIpc) is 2.96. The summed E-state index contributed by atoms with van der Waals surface area (Å²) in [5.41, 5.74) is 5.27. The molecule has 1 heterocycles. The normalized spacial score (nSPS) is 14.9. The number of rotatable bonds is 9. The van der Waals surface area contributed by atoms with Gasteiger partial charge >= 0.3 is 0 Å². The number of likely N-dealkylation sites (tertiary alicyclic amines) is 1. The van der Waals surface area contributed by atoms with E-state index in [2.05, 4.69) is 143 Å². The van der Waals surface area contributed by atoms with Crippen LogP contribution in [0.15, 0.2) is 121 Å². The Kier molecular flexibility index (Phi) is 8.12. The fraction of sp³-hybridized carbons (Fsp3) is 0.273. The molecule has 5 rings (SSSR count). The highest BCUT2D eigenvalue weighted by atomic mass is 15.2. The van der Waals surface area contributed by atoms with Crippen LogP contribution in [0.3, 0.4) is 0 Å². The van der Waals surface area contributed by atoms with Crippen molar-refractivity contribution in [2.24, 2.45) is 0 Å². The summed E-state index contributed by atoms with van der Waals surface area (Å²) in [6.45, 7) is 4.24. The lowest BCUT2D eigenvalue weighted by atomic mass is 9.93. The molecule has 0 saturated carbocycles. The van der Waals surface area contributed by atoms with Gasteiger partial charge in [-0.3, -0.25) is 4.90 Å². The zero-order chi connectivity index (χ0) is 24.6. The fourth-order valence-corrected chi connectivity index (χ4v) is 5.53. The Labute approximate surface area is 216 Å². The fourth-order valence-electron chi connectivity index (χ4n) is 5.53. The second-order valence-electron chi connectivity index (χ2n) is 9.79. The van der Waals surface area contributed by atoms with Crippen LogP contribution in [0.1, 0.15) is 30.0 Å². The maximum Gasteiger partial charge on any atom is 0.0601 e. The highest BCUT2D eigenvalue weighted by Gasteiger charge is 2.29. The first kappa shape index (κ1) is 24.3. The van der Waals surface area contributed by atoms with Gasteiger partial charge in [0, 0.05) is 43.6 Å². The maximum absolute atomic E-state index is 2.68. The van der Waals surface area contributed by atoms with Crippen LogP contribution in [-0.2, 0) is 0 Å². The van der Waals surface area contributed by atoms with Crippen molar-refractivity contribution in [1.82, 2.24) is 9.80 Å².